The van der Waals surface area contributed by atoms with E-state index in [1.807, 2.05) is 13.8 Å². The van der Waals surface area contributed by atoms with Gasteiger partial charge in [0.2, 0.25) is 0 Å². The zero-order valence-electron chi connectivity index (χ0n) is 10.1. The Bertz CT molecular complexity index is 345. The smallest absolute Gasteiger partial charge is 0.286 e. The molecule has 0 N–H and O–H groups in total. The van der Waals surface area contributed by atoms with E-state index in [-0.39, 0.29) is 6.61 Å². The topological polar surface area (TPSA) is 51.5 Å². The first-order valence-corrected chi connectivity index (χ1v) is 5.03. The third-order valence-corrected chi connectivity index (χ3v) is 1.79. The second kappa shape index (κ2) is 8.42. The van der Waals surface area contributed by atoms with E-state index in [2.05, 4.69) is 4.74 Å². The molecule has 0 amide bonds. The van der Waals surface area contributed by atoms with Gasteiger partial charge in [-0.15, -0.1) is 0 Å². The summed E-state index contributed by atoms with van der Waals surface area (Å²) in [6.07, 6.45) is 1.61. The van der Waals surface area contributed by atoms with E-state index in [1.165, 1.54) is 0 Å². The molecule has 88 valence electrons. The highest BCUT2D eigenvalue weighted by atomic mass is 16.5. The van der Waals surface area contributed by atoms with Gasteiger partial charge in [0.15, 0.2) is 0 Å². The van der Waals surface area contributed by atoms with Gasteiger partial charge in [-0.1, -0.05) is 13.8 Å². The third-order valence-electron chi connectivity index (χ3n) is 1.79. The van der Waals surface area contributed by atoms with E-state index in [0.29, 0.717) is 11.5 Å². The van der Waals surface area contributed by atoms with Crippen molar-refractivity contribution in [1.82, 2.24) is 0 Å². The van der Waals surface area contributed by atoms with E-state index in [1.54, 1.807) is 38.7 Å². The van der Waals surface area contributed by atoms with Gasteiger partial charge < -0.3 is 14.2 Å². The van der Waals surface area contributed by atoms with Gasteiger partial charge in [-0.2, -0.15) is 5.26 Å². The molecule has 16 heavy (non-hydrogen) atoms. The number of hydrogen-bond acceptors (Lipinski definition) is 4. The van der Waals surface area contributed by atoms with E-state index in [4.69, 9.17) is 14.7 Å². The molecule has 0 saturated heterocycles. The Labute approximate surface area is 96.4 Å². The number of hydrogen-bond donors (Lipinski definition) is 0. The number of nitriles is 1. The van der Waals surface area contributed by atoms with E-state index in [0.717, 1.165) is 5.56 Å². The summed E-state index contributed by atoms with van der Waals surface area (Å²) in [5, 5.41) is 8.25. The molecule has 0 saturated carbocycles. The molecule has 4 heteroatoms. The van der Waals surface area contributed by atoms with Gasteiger partial charge in [0.1, 0.15) is 18.1 Å². The average Bonchev–Trinajstić information content (AvgIpc) is 2.38. The number of methoxy groups -OCH3 is 2. The zero-order valence-corrected chi connectivity index (χ0v) is 10.1. The zero-order chi connectivity index (χ0) is 12.4. The molecular formula is C12H17NO3. The van der Waals surface area contributed by atoms with Crippen LogP contribution in [-0.2, 0) is 11.3 Å². The fourth-order valence-corrected chi connectivity index (χ4v) is 1.08. The quantitative estimate of drug-likeness (QED) is 0.736. The van der Waals surface area contributed by atoms with E-state index < -0.39 is 0 Å². The van der Waals surface area contributed by atoms with Crippen LogP contribution in [-0.4, -0.2) is 14.2 Å². The summed E-state index contributed by atoms with van der Waals surface area (Å²) in [5.41, 5.74) is 0.815. The highest BCUT2D eigenvalue weighted by Crippen LogP contribution is 2.24. The fourth-order valence-electron chi connectivity index (χ4n) is 1.08. The lowest BCUT2D eigenvalue weighted by Gasteiger charge is -2.08. The molecule has 0 atom stereocenters. The minimum Gasteiger partial charge on any atom is -0.497 e. The Balaban J connectivity index is 0.00000106. The lowest BCUT2D eigenvalue weighted by Crippen LogP contribution is -1.94. The highest BCUT2D eigenvalue weighted by molar-refractivity contribution is 5.40. The summed E-state index contributed by atoms with van der Waals surface area (Å²) >= 11 is 0. The van der Waals surface area contributed by atoms with Crippen LogP contribution in [0.5, 0.6) is 11.5 Å². The minimum atomic E-state index is 0.212. The summed E-state index contributed by atoms with van der Waals surface area (Å²) in [7, 11) is 3.14. The minimum absolute atomic E-state index is 0.212. The van der Waals surface area contributed by atoms with Crippen molar-refractivity contribution in [3.05, 3.63) is 23.8 Å². The summed E-state index contributed by atoms with van der Waals surface area (Å²) in [6.45, 7) is 4.21. The molecule has 0 spiro atoms. The molecule has 0 fully saturated rings. The van der Waals surface area contributed by atoms with Gasteiger partial charge in [0.05, 0.1) is 14.2 Å². The summed E-state index contributed by atoms with van der Waals surface area (Å²) in [5.74, 6) is 1.36. The Hall–Kier alpha value is -1.89. The summed E-state index contributed by atoms with van der Waals surface area (Å²) in [6, 6.07) is 5.34. The van der Waals surface area contributed by atoms with Gasteiger partial charge in [-0.3, -0.25) is 0 Å². The van der Waals surface area contributed by atoms with Gasteiger partial charge in [-0.05, 0) is 12.1 Å². The van der Waals surface area contributed by atoms with Gasteiger partial charge in [0, 0.05) is 11.6 Å². The van der Waals surface area contributed by atoms with Crippen LogP contribution in [0.15, 0.2) is 18.2 Å². The van der Waals surface area contributed by atoms with Crippen molar-refractivity contribution in [2.24, 2.45) is 0 Å². The van der Waals surface area contributed by atoms with E-state index in [9.17, 15) is 0 Å². The number of benzene rings is 1. The van der Waals surface area contributed by atoms with Crippen molar-refractivity contribution in [1.29, 1.82) is 5.26 Å². The van der Waals surface area contributed by atoms with Crippen LogP contribution in [0, 0.1) is 11.5 Å². The Morgan fingerprint density at radius 2 is 1.88 bits per heavy atom. The number of ether oxygens (including phenoxy) is 3. The number of rotatable bonds is 4. The number of nitrogens with zero attached hydrogens (tertiary/aromatic N) is 1. The van der Waals surface area contributed by atoms with Crippen molar-refractivity contribution < 1.29 is 14.2 Å². The first kappa shape index (κ1) is 14.1. The highest BCUT2D eigenvalue weighted by Gasteiger charge is 2.04. The van der Waals surface area contributed by atoms with E-state index >= 15 is 0 Å². The molecule has 1 aromatic carbocycles. The molecule has 0 heterocycles. The maximum Gasteiger partial charge on any atom is 0.286 e. The molecule has 1 rings (SSSR count). The maximum atomic E-state index is 8.25. The lowest BCUT2D eigenvalue weighted by molar-refractivity contribution is 0.251. The predicted octanol–water partition coefficient (Wildman–Crippen LogP) is 2.73. The predicted molar refractivity (Wildman–Crippen MR) is 61.3 cm³/mol. The molecule has 0 aliphatic heterocycles. The largest absolute Gasteiger partial charge is 0.497 e. The van der Waals surface area contributed by atoms with Crippen molar-refractivity contribution >= 4 is 0 Å². The SMILES string of the molecule is CC.COc1ccc(COC#N)c(OC)c1. The van der Waals surface area contributed by atoms with Gasteiger partial charge in [0.25, 0.3) is 6.26 Å². The summed E-state index contributed by atoms with van der Waals surface area (Å²) in [4.78, 5) is 0. The second-order valence-corrected chi connectivity index (χ2v) is 2.56. The maximum absolute atomic E-state index is 8.25. The van der Waals surface area contributed by atoms with Crippen LogP contribution < -0.4 is 9.47 Å². The summed E-state index contributed by atoms with van der Waals surface area (Å²) < 4.78 is 14.8. The standard InChI is InChI=1S/C10H11NO3.C2H6/c1-12-9-4-3-8(6-14-7-11)10(5-9)13-2;1-2/h3-5H,6H2,1-2H3;1-2H3. The third kappa shape index (κ3) is 4.09. The van der Waals surface area contributed by atoms with Crippen LogP contribution in [0.3, 0.4) is 0 Å². The van der Waals surface area contributed by atoms with Gasteiger partial charge in [-0.25, -0.2) is 0 Å². The molecule has 0 bridgehead atoms. The lowest BCUT2D eigenvalue weighted by atomic mass is 10.2. The Kier molecular flexibility index (Phi) is 7.43. The first-order valence-electron chi connectivity index (χ1n) is 5.03. The van der Waals surface area contributed by atoms with Crippen LogP contribution in [0.25, 0.3) is 0 Å². The van der Waals surface area contributed by atoms with Gasteiger partial charge >= 0.3 is 0 Å². The molecule has 1 aromatic rings. The second-order valence-electron chi connectivity index (χ2n) is 2.56. The van der Waals surface area contributed by atoms with Crippen molar-refractivity contribution in [3.8, 4) is 17.8 Å². The normalized spacial score (nSPS) is 8.19. The molecule has 0 radical (unpaired) electrons. The molecule has 0 aromatic heterocycles. The Morgan fingerprint density at radius 1 is 1.19 bits per heavy atom. The average molecular weight is 223 g/mol. The van der Waals surface area contributed by atoms with Crippen LogP contribution >= 0.6 is 0 Å². The molecule has 0 aliphatic carbocycles. The van der Waals surface area contributed by atoms with Crippen molar-refractivity contribution in [2.45, 2.75) is 20.5 Å². The van der Waals surface area contributed by atoms with Crippen LogP contribution in [0.1, 0.15) is 19.4 Å². The molecule has 4 nitrogen and oxygen atoms in total. The monoisotopic (exact) mass is 223 g/mol. The fraction of sp³-hybridized carbons (Fsp3) is 0.417. The van der Waals surface area contributed by atoms with Crippen molar-refractivity contribution in [2.75, 3.05) is 14.2 Å². The Morgan fingerprint density at radius 3 is 2.38 bits per heavy atom. The van der Waals surface area contributed by atoms with Crippen LogP contribution in [0.4, 0.5) is 0 Å². The molecular weight excluding hydrogens is 206 g/mol. The van der Waals surface area contributed by atoms with Crippen LogP contribution in [0.2, 0.25) is 0 Å². The molecule has 0 unspecified atom stereocenters. The van der Waals surface area contributed by atoms with Crippen molar-refractivity contribution in [3.63, 3.8) is 0 Å². The molecule has 0 aliphatic rings. The first-order chi connectivity index (χ1) is 7.81.